The zero-order valence-corrected chi connectivity index (χ0v) is 17.1. The molecule has 1 saturated heterocycles. The van der Waals surface area contributed by atoms with E-state index in [-0.39, 0.29) is 11.6 Å². The number of benzene rings is 2. The van der Waals surface area contributed by atoms with E-state index in [1.165, 1.54) is 6.07 Å². The number of halogens is 2. The average molecular weight is 431 g/mol. The second-order valence-electron chi connectivity index (χ2n) is 7.17. The number of amides is 3. The van der Waals surface area contributed by atoms with Crippen LogP contribution in [0.2, 0.25) is 10.0 Å². The van der Waals surface area contributed by atoms with Gasteiger partial charge in [-0.1, -0.05) is 41.4 Å². The van der Waals surface area contributed by atoms with E-state index in [0.29, 0.717) is 27.1 Å². The molecule has 1 aliphatic heterocycles. The Morgan fingerprint density at radius 2 is 1.79 bits per heavy atom. The summed E-state index contributed by atoms with van der Waals surface area (Å²) in [6.07, 6.45) is 0. The molecular weight excluding hydrogens is 415 g/mol. The molecule has 1 unspecified atom stereocenters. The Hall–Kier alpha value is -2.83. The van der Waals surface area contributed by atoms with Crippen LogP contribution in [0.5, 0.6) is 0 Å². The maximum Gasteiger partial charge on any atom is 0.336 e. The van der Waals surface area contributed by atoms with Crippen LogP contribution >= 0.6 is 23.2 Å². The molecule has 1 atom stereocenters. The van der Waals surface area contributed by atoms with Crippen molar-refractivity contribution in [1.29, 1.82) is 0 Å². The summed E-state index contributed by atoms with van der Waals surface area (Å²) in [5.74, 6) is -0.450. The molecule has 3 aromatic rings. The molecule has 6 nitrogen and oxygen atoms in total. The smallest absolute Gasteiger partial charge is 0.336 e. The highest BCUT2D eigenvalue weighted by molar-refractivity contribution is 6.42. The SMILES string of the molecule is Cc1ccc2c(CN3C(=O)NC(C)(c4ccc(Cl)c(Cl)c4)C3=O)cc(=O)oc2c1. The number of rotatable bonds is 3. The second kappa shape index (κ2) is 6.90. The minimum atomic E-state index is -1.29. The van der Waals surface area contributed by atoms with Gasteiger partial charge in [0.15, 0.2) is 0 Å². The van der Waals surface area contributed by atoms with Crippen LogP contribution in [0.3, 0.4) is 0 Å². The topological polar surface area (TPSA) is 79.6 Å². The number of nitrogens with zero attached hydrogens (tertiary/aromatic N) is 1. The first kappa shape index (κ1) is 19.5. The number of imide groups is 1. The molecule has 0 spiro atoms. The lowest BCUT2D eigenvalue weighted by Gasteiger charge is -2.22. The van der Waals surface area contributed by atoms with Crippen LogP contribution in [0.4, 0.5) is 4.79 Å². The maximum absolute atomic E-state index is 13.2. The molecule has 0 bridgehead atoms. The lowest BCUT2D eigenvalue weighted by atomic mass is 9.92. The Kier molecular flexibility index (Phi) is 4.63. The molecule has 8 heteroatoms. The molecule has 1 fully saturated rings. The molecule has 1 aromatic heterocycles. The lowest BCUT2D eigenvalue weighted by Crippen LogP contribution is -2.40. The summed E-state index contributed by atoms with van der Waals surface area (Å²) in [7, 11) is 0. The number of fused-ring (bicyclic) bond motifs is 1. The largest absolute Gasteiger partial charge is 0.423 e. The quantitative estimate of drug-likeness (QED) is 0.493. The van der Waals surface area contributed by atoms with Crippen molar-refractivity contribution < 1.29 is 14.0 Å². The van der Waals surface area contributed by atoms with Gasteiger partial charge in [-0.05, 0) is 48.7 Å². The monoisotopic (exact) mass is 430 g/mol. The van der Waals surface area contributed by atoms with Crippen molar-refractivity contribution in [3.05, 3.63) is 79.6 Å². The number of hydrogen-bond acceptors (Lipinski definition) is 4. The van der Waals surface area contributed by atoms with E-state index >= 15 is 0 Å². The van der Waals surface area contributed by atoms with Crippen LogP contribution in [-0.4, -0.2) is 16.8 Å². The summed E-state index contributed by atoms with van der Waals surface area (Å²) in [5.41, 5.74) is 0.542. The van der Waals surface area contributed by atoms with Gasteiger partial charge >= 0.3 is 11.7 Å². The van der Waals surface area contributed by atoms with Crippen molar-refractivity contribution in [3.63, 3.8) is 0 Å². The van der Waals surface area contributed by atoms with Crippen molar-refractivity contribution in [2.24, 2.45) is 0 Å². The third-order valence-corrected chi connectivity index (χ3v) is 5.83. The summed E-state index contributed by atoms with van der Waals surface area (Å²) in [6, 6.07) is 10.9. The standard InChI is InChI=1S/C21H16Cl2N2O4/c1-11-3-5-14-12(8-18(26)29-17(14)7-11)10-25-19(27)21(2,24-20(25)28)13-4-6-15(22)16(23)9-13/h3-9H,10H2,1-2H3,(H,24,28). The Bertz CT molecular complexity index is 1240. The third-order valence-electron chi connectivity index (χ3n) is 5.09. The van der Waals surface area contributed by atoms with Gasteiger partial charge < -0.3 is 9.73 Å². The molecule has 2 heterocycles. The minimum absolute atomic E-state index is 0.0628. The van der Waals surface area contributed by atoms with E-state index in [1.54, 1.807) is 37.3 Å². The summed E-state index contributed by atoms with van der Waals surface area (Å²) < 4.78 is 5.25. The average Bonchev–Trinajstić information content (AvgIpc) is 2.87. The lowest BCUT2D eigenvalue weighted by molar-refractivity contribution is -0.131. The van der Waals surface area contributed by atoms with E-state index in [0.717, 1.165) is 10.5 Å². The van der Waals surface area contributed by atoms with Gasteiger partial charge in [-0.25, -0.2) is 9.59 Å². The summed E-state index contributed by atoms with van der Waals surface area (Å²) in [4.78, 5) is 38.9. The molecule has 148 valence electrons. The molecule has 0 saturated carbocycles. The normalized spacial score (nSPS) is 19.1. The third kappa shape index (κ3) is 3.28. The molecule has 29 heavy (non-hydrogen) atoms. The number of nitrogens with one attached hydrogen (secondary N) is 1. The predicted octanol–water partition coefficient (Wildman–Crippen LogP) is 4.38. The first-order chi connectivity index (χ1) is 13.7. The molecule has 0 aliphatic carbocycles. The highest BCUT2D eigenvalue weighted by atomic mass is 35.5. The summed E-state index contributed by atoms with van der Waals surface area (Å²) in [5, 5.41) is 4.02. The van der Waals surface area contributed by atoms with Gasteiger partial charge in [0.1, 0.15) is 11.1 Å². The molecule has 1 aliphatic rings. The fourth-order valence-electron chi connectivity index (χ4n) is 3.48. The number of urea groups is 1. The van der Waals surface area contributed by atoms with Crippen molar-refractivity contribution >= 4 is 46.1 Å². The fourth-order valence-corrected chi connectivity index (χ4v) is 3.78. The minimum Gasteiger partial charge on any atom is -0.423 e. The molecular formula is C21H16Cl2N2O4. The van der Waals surface area contributed by atoms with Crippen LogP contribution in [0.25, 0.3) is 11.0 Å². The van der Waals surface area contributed by atoms with Gasteiger partial charge in [-0.3, -0.25) is 9.69 Å². The summed E-state index contributed by atoms with van der Waals surface area (Å²) in [6.45, 7) is 3.42. The van der Waals surface area contributed by atoms with Crippen LogP contribution in [-0.2, 0) is 16.9 Å². The van der Waals surface area contributed by atoms with Crippen molar-refractivity contribution in [3.8, 4) is 0 Å². The number of aryl methyl sites for hydroxylation is 1. The van der Waals surface area contributed by atoms with E-state index in [1.807, 2.05) is 13.0 Å². The Morgan fingerprint density at radius 1 is 1.03 bits per heavy atom. The van der Waals surface area contributed by atoms with Crippen molar-refractivity contribution in [2.45, 2.75) is 25.9 Å². The summed E-state index contributed by atoms with van der Waals surface area (Å²) >= 11 is 12.0. The number of hydrogen-bond donors (Lipinski definition) is 1. The van der Waals surface area contributed by atoms with Gasteiger partial charge in [0.25, 0.3) is 5.91 Å². The Morgan fingerprint density at radius 3 is 2.52 bits per heavy atom. The van der Waals surface area contributed by atoms with Crippen LogP contribution in [0.1, 0.15) is 23.6 Å². The van der Waals surface area contributed by atoms with Crippen molar-refractivity contribution in [1.82, 2.24) is 10.2 Å². The Balaban J connectivity index is 1.73. The zero-order valence-electron chi connectivity index (χ0n) is 15.6. The predicted molar refractivity (Wildman–Crippen MR) is 110 cm³/mol. The molecule has 0 radical (unpaired) electrons. The molecule has 4 rings (SSSR count). The van der Waals surface area contributed by atoms with E-state index in [9.17, 15) is 14.4 Å². The highest BCUT2D eigenvalue weighted by Gasteiger charge is 2.49. The maximum atomic E-state index is 13.2. The molecule has 3 amide bonds. The first-order valence-electron chi connectivity index (χ1n) is 8.82. The van der Waals surface area contributed by atoms with Gasteiger partial charge in [-0.2, -0.15) is 0 Å². The zero-order chi connectivity index (χ0) is 20.9. The molecule has 1 N–H and O–H groups in total. The fraction of sp³-hybridized carbons (Fsp3) is 0.190. The highest BCUT2D eigenvalue weighted by Crippen LogP contribution is 2.34. The first-order valence-corrected chi connectivity index (χ1v) is 9.57. The van der Waals surface area contributed by atoms with Crippen LogP contribution in [0, 0.1) is 6.92 Å². The molecule has 2 aromatic carbocycles. The number of carbonyl (C=O) groups is 2. The van der Waals surface area contributed by atoms with E-state index < -0.39 is 23.1 Å². The second-order valence-corrected chi connectivity index (χ2v) is 7.98. The number of carbonyl (C=O) groups excluding carboxylic acids is 2. The van der Waals surface area contributed by atoms with Gasteiger partial charge in [0.05, 0.1) is 16.6 Å². The van der Waals surface area contributed by atoms with Gasteiger partial charge in [0, 0.05) is 11.5 Å². The van der Waals surface area contributed by atoms with E-state index in [2.05, 4.69) is 5.32 Å². The van der Waals surface area contributed by atoms with Gasteiger partial charge in [0.2, 0.25) is 0 Å². The van der Waals surface area contributed by atoms with Gasteiger partial charge in [-0.15, -0.1) is 0 Å². The van der Waals surface area contributed by atoms with E-state index in [4.69, 9.17) is 27.6 Å². The van der Waals surface area contributed by atoms with Crippen molar-refractivity contribution in [2.75, 3.05) is 0 Å². The van der Waals surface area contributed by atoms with Crippen LogP contribution in [0.15, 0.2) is 51.7 Å². The van der Waals surface area contributed by atoms with Crippen LogP contribution < -0.4 is 10.9 Å². The Labute approximate surface area is 176 Å².